The minimum Gasteiger partial charge on any atom is -0.497 e. The Labute approximate surface area is 137 Å². The van der Waals surface area contributed by atoms with Crippen molar-refractivity contribution in [3.8, 4) is 5.75 Å². The van der Waals surface area contributed by atoms with E-state index in [1.165, 1.54) is 5.56 Å². The molecular formula is C19H23NO3. The van der Waals surface area contributed by atoms with Crippen LogP contribution < -0.4 is 10.1 Å². The van der Waals surface area contributed by atoms with Gasteiger partial charge in [-0.3, -0.25) is 4.79 Å². The van der Waals surface area contributed by atoms with Crippen molar-refractivity contribution in [2.45, 2.75) is 25.9 Å². The number of carbonyl (C=O) groups excluding carboxylic acids is 1. The molecule has 0 saturated heterocycles. The Balaban J connectivity index is 1.89. The van der Waals surface area contributed by atoms with Gasteiger partial charge in [0, 0.05) is 12.1 Å². The normalized spacial score (nSPS) is 11.8. The molecule has 2 aromatic rings. The van der Waals surface area contributed by atoms with Crippen LogP contribution >= 0.6 is 0 Å². The van der Waals surface area contributed by atoms with E-state index < -0.39 is 6.10 Å². The lowest BCUT2D eigenvalue weighted by atomic mass is 10.1. The molecule has 0 aromatic heterocycles. The van der Waals surface area contributed by atoms with Crippen LogP contribution in [0.1, 0.15) is 40.9 Å². The highest BCUT2D eigenvalue weighted by atomic mass is 16.5. The Hall–Kier alpha value is -2.33. The minimum absolute atomic E-state index is 0.169. The Bertz CT molecular complexity index is 620. The van der Waals surface area contributed by atoms with Crippen molar-refractivity contribution in [3.63, 3.8) is 0 Å². The lowest BCUT2D eigenvalue weighted by Gasteiger charge is -2.13. The van der Waals surface area contributed by atoms with Crippen LogP contribution in [0.5, 0.6) is 5.75 Å². The summed E-state index contributed by atoms with van der Waals surface area (Å²) in [5, 5.41) is 12.9. The molecule has 0 aliphatic rings. The van der Waals surface area contributed by atoms with Gasteiger partial charge >= 0.3 is 0 Å². The number of aliphatic hydroxyl groups excluding tert-OH is 1. The lowest BCUT2D eigenvalue weighted by molar-refractivity contribution is 0.0916. The maximum absolute atomic E-state index is 12.1. The molecule has 1 amide bonds. The second kappa shape index (κ2) is 8.34. The van der Waals surface area contributed by atoms with Crippen molar-refractivity contribution < 1.29 is 14.6 Å². The van der Waals surface area contributed by atoms with Gasteiger partial charge in [-0.1, -0.05) is 37.6 Å². The topological polar surface area (TPSA) is 58.6 Å². The van der Waals surface area contributed by atoms with Gasteiger partial charge in [0.1, 0.15) is 5.75 Å². The first-order valence-corrected chi connectivity index (χ1v) is 7.83. The van der Waals surface area contributed by atoms with Crippen molar-refractivity contribution in [1.82, 2.24) is 5.32 Å². The first-order valence-electron chi connectivity index (χ1n) is 7.83. The minimum atomic E-state index is -0.746. The molecular weight excluding hydrogens is 290 g/mol. The van der Waals surface area contributed by atoms with Crippen molar-refractivity contribution in [3.05, 3.63) is 65.2 Å². The molecule has 0 heterocycles. The fraction of sp³-hybridized carbons (Fsp3) is 0.316. The third-order valence-corrected chi connectivity index (χ3v) is 3.71. The van der Waals surface area contributed by atoms with Crippen molar-refractivity contribution in [2.75, 3.05) is 13.7 Å². The van der Waals surface area contributed by atoms with Gasteiger partial charge in [-0.05, 0) is 41.8 Å². The number of rotatable bonds is 7. The molecule has 0 spiro atoms. The third-order valence-electron chi connectivity index (χ3n) is 3.71. The van der Waals surface area contributed by atoms with E-state index in [0.29, 0.717) is 5.56 Å². The van der Waals surface area contributed by atoms with E-state index in [0.717, 1.165) is 24.2 Å². The zero-order valence-electron chi connectivity index (χ0n) is 13.6. The van der Waals surface area contributed by atoms with Crippen LogP contribution in [-0.4, -0.2) is 24.7 Å². The standard InChI is InChI=1S/C19H23NO3/c1-3-4-14-5-7-16(8-6-14)19(22)20-13-18(21)15-9-11-17(23-2)12-10-15/h5-12,18,21H,3-4,13H2,1-2H3,(H,20,22). The molecule has 0 aliphatic heterocycles. The molecule has 2 N–H and O–H groups in total. The molecule has 1 unspecified atom stereocenters. The fourth-order valence-corrected chi connectivity index (χ4v) is 2.35. The average molecular weight is 313 g/mol. The lowest BCUT2D eigenvalue weighted by Crippen LogP contribution is -2.28. The van der Waals surface area contributed by atoms with Gasteiger partial charge in [0.15, 0.2) is 0 Å². The number of aryl methyl sites for hydroxylation is 1. The van der Waals surface area contributed by atoms with Gasteiger partial charge in [0.05, 0.1) is 13.2 Å². The van der Waals surface area contributed by atoms with Gasteiger partial charge < -0.3 is 15.2 Å². The van der Waals surface area contributed by atoms with Crippen LogP contribution in [0.15, 0.2) is 48.5 Å². The second-order valence-corrected chi connectivity index (χ2v) is 5.45. The zero-order valence-corrected chi connectivity index (χ0v) is 13.6. The monoisotopic (exact) mass is 313 g/mol. The highest BCUT2D eigenvalue weighted by Crippen LogP contribution is 2.17. The maximum Gasteiger partial charge on any atom is 0.251 e. The molecule has 2 rings (SSSR count). The van der Waals surface area contributed by atoms with Crippen LogP contribution in [0.25, 0.3) is 0 Å². The molecule has 0 bridgehead atoms. The van der Waals surface area contributed by atoms with E-state index in [2.05, 4.69) is 12.2 Å². The van der Waals surface area contributed by atoms with Crippen molar-refractivity contribution in [1.29, 1.82) is 0 Å². The summed E-state index contributed by atoms with van der Waals surface area (Å²) in [4.78, 5) is 12.1. The van der Waals surface area contributed by atoms with Crippen molar-refractivity contribution in [2.24, 2.45) is 0 Å². The quantitative estimate of drug-likeness (QED) is 0.826. The average Bonchev–Trinajstić information content (AvgIpc) is 2.60. The summed E-state index contributed by atoms with van der Waals surface area (Å²) in [5.41, 5.74) is 2.57. The maximum atomic E-state index is 12.1. The Morgan fingerprint density at radius 3 is 2.35 bits per heavy atom. The van der Waals surface area contributed by atoms with E-state index in [9.17, 15) is 9.90 Å². The highest BCUT2D eigenvalue weighted by molar-refractivity contribution is 5.94. The molecule has 2 aromatic carbocycles. The molecule has 122 valence electrons. The first-order chi connectivity index (χ1) is 11.1. The Morgan fingerprint density at radius 2 is 1.78 bits per heavy atom. The summed E-state index contributed by atoms with van der Waals surface area (Å²) in [6.07, 6.45) is 1.35. The number of amides is 1. The SMILES string of the molecule is CCCc1ccc(C(=O)NCC(O)c2ccc(OC)cc2)cc1. The molecule has 0 fully saturated rings. The summed E-state index contributed by atoms with van der Waals surface area (Å²) in [6.45, 7) is 2.29. The molecule has 23 heavy (non-hydrogen) atoms. The molecule has 0 saturated carbocycles. The molecule has 1 atom stereocenters. The summed E-state index contributed by atoms with van der Waals surface area (Å²) in [7, 11) is 1.59. The smallest absolute Gasteiger partial charge is 0.251 e. The summed E-state index contributed by atoms with van der Waals surface area (Å²) in [5.74, 6) is 0.553. The van der Waals surface area contributed by atoms with Crippen LogP contribution in [0, 0.1) is 0 Å². The van der Waals surface area contributed by atoms with Gasteiger partial charge in [-0.25, -0.2) is 0 Å². The first kappa shape index (κ1) is 17.0. The summed E-state index contributed by atoms with van der Waals surface area (Å²) in [6, 6.07) is 14.7. The van der Waals surface area contributed by atoms with E-state index in [1.807, 2.05) is 24.3 Å². The molecule has 0 aliphatic carbocycles. The van der Waals surface area contributed by atoms with Crippen LogP contribution in [0.3, 0.4) is 0 Å². The number of ether oxygens (including phenoxy) is 1. The van der Waals surface area contributed by atoms with E-state index in [1.54, 1.807) is 31.4 Å². The number of aliphatic hydroxyl groups is 1. The van der Waals surface area contributed by atoms with Crippen LogP contribution in [0.2, 0.25) is 0 Å². The largest absolute Gasteiger partial charge is 0.497 e. The van der Waals surface area contributed by atoms with Gasteiger partial charge in [-0.2, -0.15) is 0 Å². The predicted octanol–water partition coefficient (Wildman–Crippen LogP) is 3.11. The number of carbonyl (C=O) groups is 1. The Kier molecular flexibility index (Phi) is 6.18. The predicted molar refractivity (Wildman–Crippen MR) is 90.7 cm³/mol. The number of nitrogens with one attached hydrogen (secondary N) is 1. The number of methoxy groups -OCH3 is 1. The van der Waals surface area contributed by atoms with Gasteiger partial charge in [0.2, 0.25) is 0 Å². The van der Waals surface area contributed by atoms with E-state index in [-0.39, 0.29) is 12.5 Å². The second-order valence-electron chi connectivity index (χ2n) is 5.45. The Morgan fingerprint density at radius 1 is 1.13 bits per heavy atom. The number of hydrogen-bond acceptors (Lipinski definition) is 3. The third kappa shape index (κ3) is 4.83. The van der Waals surface area contributed by atoms with Crippen LogP contribution in [-0.2, 0) is 6.42 Å². The zero-order chi connectivity index (χ0) is 16.7. The number of hydrogen-bond donors (Lipinski definition) is 2. The van der Waals surface area contributed by atoms with Gasteiger partial charge in [-0.15, -0.1) is 0 Å². The van der Waals surface area contributed by atoms with E-state index >= 15 is 0 Å². The summed E-state index contributed by atoms with van der Waals surface area (Å²) >= 11 is 0. The van der Waals surface area contributed by atoms with Crippen molar-refractivity contribution >= 4 is 5.91 Å². The fourth-order valence-electron chi connectivity index (χ4n) is 2.35. The van der Waals surface area contributed by atoms with E-state index in [4.69, 9.17) is 4.74 Å². The van der Waals surface area contributed by atoms with Crippen LogP contribution in [0.4, 0.5) is 0 Å². The van der Waals surface area contributed by atoms with Gasteiger partial charge in [0.25, 0.3) is 5.91 Å². The molecule has 4 nitrogen and oxygen atoms in total. The number of benzene rings is 2. The molecule has 4 heteroatoms. The molecule has 0 radical (unpaired) electrons. The highest BCUT2D eigenvalue weighted by Gasteiger charge is 2.11. The summed E-state index contributed by atoms with van der Waals surface area (Å²) < 4.78 is 5.08.